The van der Waals surface area contributed by atoms with Gasteiger partial charge in [-0.05, 0) is 43.0 Å². The topological polar surface area (TPSA) is 41.6 Å². The van der Waals surface area contributed by atoms with Crippen LogP contribution >= 0.6 is 11.6 Å². The van der Waals surface area contributed by atoms with Crippen molar-refractivity contribution in [3.8, 4) is 0 Å². The summed E-state index contributed by atoms with van der Waals surface area (Å²) in [4.78, 5) is 14.6. The highest BCUT2D eigenvalue weighted by atomic mass is 35.5. The Morgan fingerprint density at radius 3 is 2.60 bits per heavy atom. The van der Waals surface area contributed by atoms with Crippen molar-refractivity contribution in [3.63, 3.8) is 0 Å². The number of nitrogens with one attached hydrogen (secondary N) is 1. The molecule has 1 fully saturated rings. The Morgan fingerprint density at radius 2 is 1.84 bits per heavy atom. The van der Waals surface area contributed by atoms with Crippen molar-refractivity contribution in [1.29, 1.82) is 0 Å². The molecule has 2 aromatic carbocycles. The van der Waals surface area contributed by atoms with Crippen LogP contribution in [0.2, 0.25) is 5.02 Å². The van der Waals surface area contributed by atoms with E-state index in [0.717, 1.165) is 30.0 Å². The summed E-state index contributed by atoms with van der Waals surface area (Å²) in [6, 6.07) is 15.5. The maximum atomic E-state index is 12.3. The molecule has 1 N–H and O–H groups in total. The van der Waals surface area contributed by atoms with Gasteiger partial charge in [-0.2, -0.15) is 0 Å². The Morgan fingerprint density at radius 1 is 1.08 bits per heavy atom. The molecule has 1 aliphatic heterocycles. The second-order valence-electron chi connectivity index (χ2n) is 6.24. The van der Waals surface area contributed by atoms with E-state index in [1.807, 2.05) is 42.5 Å². The van der Waals surface area contributed by atoms with Gasteiger partial charge in [-0.3, -0.25) is 4.79 Å². The fourth-order valence-corrected chi connectivity index (χ4v) is 3.21. The van der Waals surface area contributed by atoms with E-state index in [9.17, 15) is 4.79 Å². The van der Waals surface area contributed by atoms with E-state index in [1.54, 1.807) is 6.07 Å². The first-order valence-electron chi connectivity index (χ1n) is 8.68. The minimum Gasteiger partial charge on any atom is -0.370 e. The van der Waals surface area contributed by atoms with Gasteiger partial charge in [-0.25, -0.2) is 0 Å². The molecule has 2 aromatic rings. The van der Waals surface area contributed by atoms with Crippen LogP contribution in [0.4, 0.5) is 11.4 Å². The SMILES string of the molecule is O=C(COCc1ccccc1)Nc1cc(Cl)ccc1N1CCCCC1. The van der Waals surface area contributed by atoms with Gasteiger partial charge in [-0.1, -0.05) is 41.9 Å². The summed E-state index contributed by atoms with van der Waals surface area (Å²) in [6.45, 7) is 2.45. The van der Waals surface area contributed by atoms with Crippen molar-refractivity contribution in [1.82, 2.24) is 0 Å². The standard InChI is InChI=1S/C20H23ClN2O2/c21-17-9-10-19(23-11-5-2-6-12-23)18(13-17)22-20(24)15-25-14-16-7-3-1-4-8-16/h1,3-4,7-10,13H,2,5-6,11-12,14-15H2,(H,22,24). The molecule has 0 unspecified atom stereocenters. The van der Waals surface area contributed by atoms with Crippen LogP contribution in [-0.2, 0) is 16.1 Å². The molecular weight excluding hydrogens is 336 g/mol. The minimum absolute atomic E-state index is 0.0147. The number of carbonyl (C=O) groups is 1. The second kappa shape index (κ2) is 8.88. The molecule has 1 amide bonds. The molecule has 3 rings (SSSR count). The predicted molar refractivity (Wildman–Crippen MR) is 102 cm³/mol. The third-order valence-electron chi connectivity index (χ3n) is 4.27. The zero-order valence-electron chi connectivity index (χ0n) is 14.2. The largest absolute Gasteiger partial charge is 0.370 e. The maximum Gasteiger partial charge on any atom is 0.250 e. The lowest BCUT2D eigenvalue weighted by Gasteiger charge is -2.30. The first-order chi connectivity index (χ1) is 12.2. The molecule has 132 valence electrons. The molecule has 0 atom stereocenters. The van der Waals surface area contributed by atoms with E-state index in [0.29, 0.717) is 11.6 Å². The average molecular weight is 359 g/mol. The highest BCUT2D eigenvalue weighted by Gasteiger charge is 2.16. The number of rotatable bonds is 6. The lowest BCUT2D eigenvalue weighted by atomic mass is 10.1. The molecular formula is C20H23ClN2O2. The molecule has 25 heavy (non-hydrogen) atoms. The second-order valence-corrected chi connectivity index (χ2v) is 6.67. The first kappa shape index (κ1) is 17.8. The Kier molecular flexibility index (Phi) is 6.31. The number of amides is 1. The van der Waals surface area contributed by atoms with E-state index >= 15 is 0 Å². The number of hydrogen-bond acceptors (Lipinski definition) is 3. The smallest absolute Gasteiger partial charge is 0.250 e. The number of hydrogen-bond donors (Lipinski definition) is 1. The van der Waals surface area contributed by atoms with Crippen LogP contribution in [0.5, 0.6) is 0 Å². The number of carbonyl (C=O) groups excluding carboxylic acids is 1. The molecule has 1 heterocycles. The van der Waals surface area contributed by atoms with Gasteiger partial charge in [-0.15, -0.1) is 0 Å². The maximum absolute atomic E-state index is 12.3. The molecule has 5 heteroatoms. The lowest BCUT2D eigenvalue weighted by molar-refractivity contribution is -0.121. The highest BCUT2D eigenvalue weighted by Crippen LogP contribution is 2.31. The van der Waals surface area contributed by atoms with Crippen LogP contribution in [0.25, 0.3) is 0 Å². The van der Waals surface area contributed by atoms with Gasteiger partial charge in [0, 0.05) is 18.1 Å². The van der Waals surface area contributed by atoms with Gasteiger partial charge < -0.3 is 15.0 Å². The highest BCUT2D eigenvalue weighted by molar-refractivity contribution is 6.31. The van der Waals surface area contributed by atoms with E-state index in [1.165, 1.54) is 19.3 Å². The number of halogens is 1. The van der Waals surface area contributed by atoms with Crippen LogP contribution in [-0.4, -0.2) is 25.6 Å². The third-order valence-corrected chi connectivity index (χ3v) is 4.51. The summed E-state index contributed by atoms with van der Waals surface area (Å²) < 4.78 is 5.51. The molecule has 1 saturated heterocycles. The van der Waals surface area contributed by atoms with E-state index in [4.69, 9.17) is 16.3 Å². The first-order valence-corrected chi connectivity index (χ1v) is 9.06. The summed E-state index contributed by atoms with van der Waals surface area (Å²) >= 11 is 6.12. The molecule has 0 bridgehead atoms. The minimum atomic E-state index is -0.170. The summed E-state index contributed by atoms with van der Waals surface area (Å²) in [5.74, 6) is -0.170. The molecule has 0 aliphatic carbocycles. The van der Waals surface area contributed by atoms with E-state index in [-0.39, 0.29) is 12.5 Å². The van der Waals surface area contributed by atoms with Gasteiger partial charge in [0.05, 0.1) is 18.0 Å². The van der Waals surface area contributed by atoms with Gasteiger partial charge >= 0.3 is 0 Å². The molecule has 0 spiro atoms. The number of benzene rings is 2. The molecule has 0 radical (unpaired) electrons. The lowest BCUT2D eigenvalue weighted by Crippen LogP contribution is -2.30. The normalized spacial score (nSPS) is 14.4. The van der Waals surface area contributed by atoms with Crippen molar-refractivity contribution in [2.75, 3.05) is 29.9 Å². The van der Waals surface area contributed by atoms with Gasteiger partial charge in [0.2, 0.25) is 5.91 Å². The molecule has 0 saturated carbocycles. The van der Waals surface area contributed by atoms with Crippen molar-refractivity contribution in [2.45, 2.75) is 25.9 Å². The quantitative estimate of drug-likeness (QED) is 0.827. The Hall–Kier alpha value is -2.04. The van der Waals surface area contributed by atoms with Gasteiger partial charge in [0.15, 0.2) is 0 Å². The van der Waals surface area contributed by atoms with Crippen molar-refractivity contribution in [2.24, 2.45) is 0 Å². The number of anilines is 2. The Labute approximate surface area is 153 Å². The summed E-state index contributed by atoms with van der Waals surface area (Å²) in [6.07, 6.45) is 3.62. The van der Waals surface area contributed by atoms with Crippen molar-refractivity contribution in [3.05, 3.63) is 59.1 Å². The third kappa shape index (κ3) is 5.21. The average Bonchev–Trinajstić information content (AvgIpc) is 2.63. The van der Waals surface area contributed by atoms with Crippen LogP contribution < -0.4 is 10.2 Å². The van der Waals surface area contributed by atoms with Crippen LogP contribution in [0, 0.1) is 0 Å². The summed E-state index contributed by atoms with van der Waals surface area (Å²) in [7, 11) is 0. The number of piperidine rings is 1. The predicted octanol–water partition coefficient (Wildman–Crippen LogP) is 4.49. The zero-order valence-corrected chi connectivity index (χ0v) is 15.0. The fraction of sp³-hybridized carbons (Fsp3) is 0.350. The summed E-state index contributed by atoms with van der Waals surface area (Å²) in [5, 5.41) is 3.56. The fourth-order valence-electron chi connectivity index (χ4n) is 3.04. The van der Waals surface area contributed by atoms with Gasteiger partial charge in [0.25, 0.3) is 0 Å². The van der Waals surface area contributed by atoms with E-state index in [2.05, 4.69) is 10.2 Å². The van der Waals surface area contributed by atoms with Crippen LogP contribution in [0.3, 0.4) is 0 Å². The monoisotopic (exact) mass is 358 g/mol. The Balaban J connectivity index is 1.59. The van der Waals surface area contributed by atoms with Crippen LogP contribution in [0.1, 0.15) is 24.8 Å². The summed E-state index contributed by atoms with van der Waals surface area (Å²) in [5.41, 5.74) is 2.83. The molecule has 4 nitrogen and oxygen atoms in total. The number of nitrogens with zero attached hydrogens (tertiary/aromatic N) is 1. The zero-order chi connectivity index (χ0) is 17.5. The van der Waals surface area contributed by atoms with Crippen LogP contribution in [0.15, 0.2) is 48.5 Å². The van der Waals surface area contributed by atoms with Gasteiger partial charge in [0.1, 0.15) is 6.61 Å². The molecule has 0 aromatic heterocycles. The molecule has 1 aliphatic rings. The van der Waals surface area contributed by atoms with Crippen molar-refractivity contribution >= 4 is 28.9 Å². The van der Waals surface area contributed by atoms with Crippen molar-refractivity contribution < 1.29 is 9.53 Å². The van der Waals surface area contributed by atoms with E-state index < -0.39 is 0 Å². The number of ether oxygens (including phenoxy) is 1. The Bertz CT molecular complexity index is 700.